The zero-order chi connectivity index (χ0) is 50.4. The number of carbonyl (C=O) groups is 8. The molecule has 5 N–H and O–H groups in total. The summed E-state index contributed by atoms with van der Waals surface area (Å²) in [6.07, 6.45) is -3.30. The fourth-order valence-electron chi connectivity index (χ4n) is 8.55. The second-order valence-electron chi connectivity index (χ2n) is 19.5. The number of ether oxygens (including phenoxy) is 3. The predicted octanol–water partition coefficient (Wildman–Crippen LogP) is 2.71. The average Bonchev–Trinajstić information content (AvgIpc) is 3.77. The van der Waals surface area contributed by atoms with E-state index >= 15 is 0 Å². The van der Waals surface area contributed by atoms with Gasteiger partial charge >= 0.3 is 11.9 Å². The van der Waals surface area contributed by atoms with Gasteiger partial charge in [0.1, 0.15) is 36.0 Å². The van der Waals surface area contributed by atoms with E-state index in [0.29, 0.717) is 30.6 Å². The molecule has 0 unspecified atom stereocenters. The summed E-state index contributed by atoms with van der Waals surface area (Å²) < 4.78 is 17.1. The zero-order valence-electron chi connectivity index (χ0n) is 41.9. The van der Waals surface area contributed by atoms with Gasteiger partial charge in [0.05, 0.1) is 37.6 Å². The quantitative estimate of drug-likeness (QED) is 0.142. The number of Topliss-reactive ketones (excluding diaryl/α,β-unsaturated/α-hetero) is 1. The lowest BCUT2D eigenvalue weighted by Gasteiger charge is -2.35. The summed E-state index contributed by atoms with van der Waals surface area (Å²) in [5, 5.41) is 22.9. The standard InChI is InChI=1S/C49H78N6O12/c1-14-29(8)40-38(56)25-39(57)67-43(28(6)7)42(58)30(9)44(59)51-35(23-27(4)5)47(62)55-21-15-16-36(55)48(63)54(12)37(24-32-17-19-33(65-13)20-18-32)49(64)66-31(10)41(46(61)52-40)53-45(60)34(50-11)22-26(2)3/h17-20,26-31,34-38,40-41,43,50,56H,14-16,21-25H2,1-13H3,(H,51,59)(H,52,61)(H,53,60)/t29-,30-,31+,34+,35-,36-,37-,38-,40-,41+,43+/m0/s1. The van der Waals surface area contributed by atoms with Gasteiger partial charge in [0.25, 0.3) is 0 Å². The second kappa shape index (κ2) is 25.9. The normalized spacial score (nSPS) is 27.8. The van der Waals surface area contributed by atoms with Gasteiger partial charge in [0.15, 0.2) is 11.9 Å². The summed E-state index contributed by atoms with van der Waals surface area (Å²) in [6, 6.07) is 0.0322. The molecule has 0 aliphatic carbocycles. The van der Waals surface area contributed by atoms with Crippen LogP contribution in [0.15, 0.2) is 24.3 Å². The molecular weight excluding hydrogens is 865 g/mol. The fraction of sp³-hybridized carbons (Fsp3) is 0.714. The Bertz CT molecular complexity index is 1870. The maximum Gasteiger partial charge on any atom is 0.329 e. The van der Waals surface area contributed by atoms with Crippen molar-refractivity contribution >= 4 is 47.3 Å². The minimum Gasteiger partial charge on any atom is -0.497 e. The SMILES string of the molecule is CC[C@H](C)[C@@H]1NC(=O)[C@H](NC(=O)[C@@H](CC(C)C)NC)[C@@H](C)OC(=O)[C@H](Cc2ccc(OC)cc2)N(C)C(=O)[C@@H]2CCCN2C(=O)[C@H](CC(C)C)NC(=O)[C@@H](C)C(=O)[C@@H](C(C)C)OC(=O)C[C@@H]1O. The van der Waals surface area contributed by atoms with Gasteiger partial charge in [0.2, 0.25) is 29.5 Å². The number of nitrogens with zero attached hydrogens (tertiary/aromatic N) is 2. The van der Waals surface area contributed by atoms with Crippen molar-refractivity contribution in [2.75, 3.05) is 27.7 Å². The van der Waals surface area contributed by atoms with Gasteiger partial charge in [-0.05, 0) is 87.9 Å². The molecular formula is C49H78N6O12. The third-order valence-electron chi connectivity index (χ3n) is 12.9. The van der Waals surface area contributed by atoms with E-state index in [1.54, 1.807) is 52.1 Å². The molecule has 376 valence electrons. The van der Waals surface area contributed by atoms with E-state index in [4.69, 9.17) is 14.2 Å². The fourth-order valence-corrected chi connectivity index (χ4v) is 8.55. The number of ketones is 1. The monoisotopic (exact) mass is 943 g/mol. The number of aliphatic hydroxyl groups excluding tert-OH is 1. The lowest BCUT2D eigenvalue weighted by molar-refractivity contribution is -0.163. The topological polar surface area (TPSA) is 239 Å². The van der Waals surface area contributed by atoms with Crippen LogP contribution >= 0.6 is 0 Å². The number of benzene rings is 1. The van der Waals surface area contributed by atoms with E-state index in [2.05, 4.69) is 21.3 Å². The van der Waals surface area contributed by atoms with Gasteiger partial charge in [-0.15, -0.1) is 0 Å². The largest absolute Gasteiger partial charge is 0.497 e. The lowest BCUT2D eigenvalue weighted by Crippen LogP contribution is -2.61. The van der Waals surface area contributed by atoms with E-state index in [-0.39, 0.29) is 37.6 Å². The Morgan fingerprint density at radius 3 is 2.10 bits per heavy atom. The highest BCUT2D eigenvalue weighted by molar-refractivity contribution is 6.05. The van der Waals surface area contributed by atoms with Crippen molar-refractivity contribution in [3.8, 4) is 5.75 Å². The molecule has 2 saturated heterocycles. The van der Waals surface area contributed by atoms with Crippen LogP contribution in [0, 0.1) is 29.6 Å². The molecule has 0 aromatic heterocycles. The summed E-state index contributed by atoms with van der Waals surface area (Å²) in [4.78, 5) is 116. The van der Waals surface area contributed by atoms with Crippen LogP contribution in [-0.2, 0) is 54.3 Å². The van der Waals surface area contributed by atoms with Crippen molar-refractivity contribution in [3.05, 3.63) is 29.8 Å². The van der Waals surface area contributed by atoms with E-state index in [1.165, 1.54) is 37.8 Å². The van der Waals surface area contributed by atoms with Crippen molar-refractivity contribution in [1.29, 1.82) is 0 Å². The first kappa shape index (κ1) is 56.2. The summed E-state index contributed by atoms with van der Waals surface area (Å²) in [5.41, 5.74) is 0.631. The van der Waals surface area contributed by atoms with Gasteiger partial charge in [-0.2, -0.15) is 0 Å². The lowest BCUT2D eigenvalue weighted by atomic mass is 9.91. The van der Waals surface area contributed by atoms with Gasteiger partial charge in [-0.3, -0.25) is 33.6 Å². The Labute approximate surface area is 396 Å². The number of likely N-dealkylation sites (N-methyl/N-ethyl adjacent to an activating group) is 2. The van der Waals surface area contributed by atoms with Crippen LogP contribution in [-0.4, -0.2) is 144 Å². The minimum atomic E-state index is -1.55. The Kier molecular flexibility index (Phi) is 21.7. The van der Waals surface area contributed by atoms with Crippen molar-refractivity contribution in [3.63, 3.8) is 0 Å². The molecule has 0 bridgehead atoms. The maximum absolute atomic E-state index is 14.7. The van der Waals surface area contributed by atoms with E-state index in [0.717, 1.165) is 0 Å². The highest BCUT2D eigenvalue weighted by atomic mass is 16.6. The van der Waals surface area contributed by atoms with Crippen molar-refractivity contribution in [2.24, 2.45) is 29.6 Å². The summed E-state index contributed by atoms with van der Waals surface area (Å²) in [7, 11) is 4.56. The highest BCUT2D eigenvalue weighted by Crippen LogP contribution is 2.26. The van der Waals surface area contributed by atoms with Gasteiger partial charge < -0.3 is 50.4 Å². The number of aliphatic hydroxyl groups is 1. The molecule has 2 fully saturated rings. The first-order chi connectivity index (χ1) is 31.4. The third-order valence-corrected chi connectivity index (χ3v) is 12.9. The number of fused-ring (bicyclic) bond motifs is 1. The molecule has 67 heavy (non-hydrogen) atoms. The van der Waals surface area contributed by atoms with E-state index in [1.807, 2.05) is 34.6 Å². The Morgan fingerprint density at radius 1 is 0.910 bits per heavy atom. The molecule has 5 amide bonds. The number of rotatable bonds is 13. The molecule has 1 aromatic carbocycles. The van der Waals surface area contributed by atoms with Gasteiger partial charge in [0, 0.05) is 20.0 Å². The van der Waals surface area contributed by atoms with E-state index in [9.17, 15) is 43.5 Å². The predicted molar refractivity (Wildman–Crippen MR) is 250 cm³/mol. The number of carbonyl (C=O) groups excluding carboxylic acids is 8. The Balaban J connectivity index is 2.23. The summed E-state index contributed by atoms with van der Waals surface area (Å²) in [6.45, 7) is 17.4. The highest BCUT2D eigenvalue weighted by Gasteiger charge is 2.44. The molecule has 18 nitrogen and oxygen atoms in total. The number of methoxy groups -OCH3 is 1. The molecule has 2 aliphatic rings. The number of hydrogen-bond acceptors (Lipinski definition) is 13. The van der Waals surface area contributed by atoms with Gasteiger partial charge in [-0.25, -0.2) is 4.79 Å². The van der Waals surface area contributed by atoms with Crippen molar-refractivity contribution < 1.29 is 57.7 Å². The Hall–Kier alpha value is -5.10. The van der Waals surface area contributed by atoms with Crippen molar-refractivity contribution in [2.45, 2.75) is 169 Å². The number of hydrogen-bond donors (Lipinski definition) is 5. The number of esters is 2. The molecule has 3 rings (SSSR count). The second-order valence-corrected chi connectivity index (χ2v) is 19.5. The van der Waals surface area contributed by atoms with E-state index < -0.39 is 126 Å². The Morgan fingerprint density at radius 2 is 1.55 bits per heavy atom. The number of nitrogens with one attached hydrogen (secondary N) is 4. The third kappa shape index (κ3) is 15.5. The van der Waals surface area contributed by atoms with Crippen LogP contribution in [0.3, 0.4) is 0 Å². The number of cyclic esters (lactones) is 2. The van der Waals surface area contributed by atoms with Crippen LogP contribution in [0.1, 0.15) is 113 Å². The van der Waals surface area contributed by atoms with Gasteiger partial charge in [-0.1, -0.05) is 73.9 Å². The molecule has 1 aromatic rings. The summed E-state index contributed by atoms with van der Waals surface area (Å²) in [5.74, 6) is -7.71. The first-order valence-corrected chi connectivity index (χ1v) is 23.9. The molecule has 18 heteroatoms. The molecule has 0 saturated carbocycles. The smallest absolute Gasteiger partial charge is 0.329 e. The molecule has 0 radical (unpaired) electrons. The number of amides is 5. The molecule has 0 spiro atoms. The van der Waals surface area contributed by atoms with Crippen LogP contribution in [0.25, 0.3) is 0 Å². The zero-order valence-corrected chi connectivity index (χ0v) is 41.9. The molecule has 2 aliphatic heterocycles. The van der Waals surface area contributed by atoms with Crippen LogP contribution in [0.5, 0.6) is 5.75 Å². The van der Waals surface area contributed by atoms with Crippen LogP contribution in [0.4, 0.5) is 0 Å². The van der Waals surface area contributed by atoms with Crippen LogP contribution in [0.2, 0.25) is 0 Å². The first-order valence-electron chi connectivity index (χ1n) is 23.9. The molecule has 2 heterocycles. The maximum atomic E-state index is 14.7. The summed E-state index contributed by atoms with van der Waals surface area (Å²) >= 11 is 0. The molecule has 11 atom stereocenters. The average molecular weight is 943 g/mol. The van der Waals surface area contributed by atoms with Crippen LogP contribution < -0.4 is 26.0 Å². The minimum absolute atomic E-state index is 0.0500. The van der Waals surface area contributed by atoms with Crippen molar-refractivity contribution in [1.82, 2.24) is 31.1 Å².